The van der Waals surface area contributed by atoms with E-state index in [1.807, 2.05) is 17.5 Å². The van der Waals surface area contributed by atoms with Crippen LogP contribution in [0.15, 0.2) is 17.5 Å². The van der Waals surface area contributed by atoms with Gasteiger partial charge in [-0.1, -0.05) is 0 Å². The van der Waals surface area contributed by atoms with Gasteiger partial charge in [-0.25, -0.2) is 0 Å². The molecule has 1 aromatic rings. The summed E-state index contributed by atoms with van der Waals surface area (Å²) in [5.41, 5.74) is 13.2. The highest BCUT2D eigenvalue weighted by Crippen LogP contribution is 2.30. The van der Waals surface area contributed by atoms with E-state index in [9.17, 15) is 0 Å². The van der Waals surface area contributed by atoms with E-state index < -0.39 is 0 Å². The van der Waals surface area contributed by atoms with Crippen molar-refractivity contribution in [1.29, 1.82) is 0 Å². The lowest BCUT2D eigenvalue weighted by Crippen LogP contribution is -2.30. The highest BCUT2D eigenvalue weighted by Gasteiger charge is 2.14. The lowest BCUT2D eigenvalue weighted by atomic mass is 10.1. The third-order valence-electron chi connectivity index (χ3n) is 1.63. The molecule has 0 saturated heterocycles. The summed E-state index contributed by atoms with van der Waals surface area (Å²) in [5.74, 6) is 0. The number of hydrogen-bond acceptors (Lipinski definition) is 4. The molecule has 2 heterocycles. The standard InChI is InChI=1S/C7H9N3S/c8-5-3-6(9)10-7-4(5)1-2-11-7/h1-3,6,10H,8-9H2. The first-order valence-corrected chi connectivity index (χ1v) is 4.22. The van der Waals surface area contributed by atoms with Crippen LogP contribution in [0.1, 0.15) is 5.56 Å². The van der Waals surface area contributed by atoms with Gasteiger partial charge in [-0.2, -0.15) is 0 Å². The van der Waals surface area contributed by atoms with Crippen LogP contribution in [0.5, 0.6) is 0 Å². The van der Waals surface area contributed by atoms with Crippen LogP contribution in [0.4, 0.5) is 5.00 Å². The van der Waals surface area contributed by atoms with E-state index in [0.717, 1.165) is 16.3 Å². The van der Waals surface area contributed by atoms with E-state index in [1.165, 1.54) is 0 Å². The second-order valence-corrected chi connectivity index (χ2v) is 3.37. The van der Waals surface area contributed by atoms with Crippen LogP contribution in [0.2, 0.25) is 0 Å². The zero-order chi connectivity index (χ0) is 7.84. The van der Waals surface area contributed by atoms with E-state index in [2.05, 4.69) is 5.32 Å². The van der Waals surface area contributed by atoms with Gasteiger partial charge in [-0.15, -0.1) is 11.3 Å². The van der Waals surface area contributed by atoms with Crippen molar-refractivity contribution in [3.8, 4) is 0 Å². The van der Waals surface area contributed by atoms with Crippen molar-refractivity contribution < 1.29 is 0 Å². The molecule has 11 heavy (non-hydrogen) atoms. The summed E-state index contributed by atoms with van der Waals surface area (Å²) >= 11 is 1.62. The number of anilines is 1. The lowest BCUT2D eigenvalue weighted by Gasteiger charge is -2.17. The molecule has 0 spiro atoms. The molecule has 0 bridgehead atoms. The predicted octanol–water partition coefficient (Wildman–Crippen LogP) is 0.758. The molecule has 0 saturated carbocycles. The summed E-state index contributed by atoms with van der Waals surface area (Å²) in [7, 11) is 0. The summed E-state index contributed by atoms with van der Waals surface area (Å²) in [6.07, 6.45) is 1.68. The van der Waals surface area contributed by atoms with Crippen molar-refractivity contribution in [2.24, 2.45) is 11.5 Å². The van der Waals surface area contributed by atoms with E-state index >= 15 is 0 Å². The Morgan fingerprint density at radius 1 is 1.55 bits per heavy atom. The van der Waals surface area contributed by atoms with Crippen molar-refractivity contribution >= 4 is 22.0 Å². The van der Waals surface area contributed by atoms with Gasteiger partial charge in [0.25, 0.3) is 0 Å². The normalized spacial score (nSPS) is 21.9. The highest BCUT2D eigenvalue weighted by molar-refractivity contribution is 7.14. The molecule has 3 nitrogen and oxygen atoms in total. The van der Waals surface area contributed by atoms with Gasteiger partial charge in [-0.05, 0) is 17.5 Å². The summed E-state index contributed by atoms with van der Waals surface area (Å²) in [6, 6.07) is 1.99. The van der Waals surface area contributed by atoms with Crippen molar-refractivity contribution in [3.63, 3.8) is 0 Å². The predicted molar refractivity (Wildman–Crippen MR) is 48.1 cm³/mol. The van der Waals surface area contributed by atoms with Gasteiger partial charge < -0.3 is 16.8 Å². The molecule has 4 heteroatoms. The van der Waals surface area contributed by atoms with Crippen LogP contribution in [-0.2, 0) is 0 Å². The fourth-order valence-electron chi connectivity index (χ4n) is 1.12. The van der Waals surface area contributed by atoms with Crippen LogP contribution in [0.25, 0.3) is 5.70 Å². The monoisotopic (exact) mass is 167 g/mol. The van der Waals surface area contributed by atoms with Gasteiger partial charge in [0.05, 0.1) is 11.2 Å². The minimum atomic E-state index is -0.138. The molecule has 0 amide bonds. The van der Waals surface area contributed by atoms with E-state index in [0.29, 0.717) is 0 Å². The number of nitrogens with one attached hydrogen (secondary N) is 1. The Balaban J connectivity index is 2.50. The molecule has 0 aromatic carbocycles. The van der Waals surface area contributed by atoms with Gasteiger partial charge in [0.15, 0.2) is 0 Å². The summed E-state index contributed by atoms with van der Waals surface area (Å²) in [4.78, 5) is 0. The first kappa shape index (κ1) is 6.69. The number of fused-ring (bicyclic) bond motifs is 1. The summed E-state index contributed by atoms with van der Waals surface area (Å²) in [5, 5.41) is 6.17. The molecule has 1 aliphatic heterocycles. The van der Waals surface area contributed by atoms with Crippen LogP contribution in [0.3, 0.4) is 0 Å². The summed E-state index contributed by atoms with van der Waals surface area (Å²) in [6.45, 7) is 0. The van der Waals surface area contributed by atoms with Crippen LogP contribution in [-0.4, -0.2) is 6.17 Å². The molecule has 1 atom stereocenters. The van der Waals surface area contributed by atoms with Crippen molar-refractivity contribution in [3.05, 3.63) is 23.1 Å². The Hall–Kier alpha value is -1.00. The molecule has 1 aromatic heterocycles. The molecule has 5 N–H and O–H groups in total. The molecule has 0 fully saturated rings. The largest absolute Gasteiger partial charge is 0.398 e. The average Bonchev–Trinajstić information content (AvgIpc) is 2.34. The number of rotatable bonds is 0. The molecule has 2 rings (SSSR count). The maximum Gasteiger partial charge on any atom is 0.0991 e. The van der Waals surface area contributed by atoms with Crippen molar-refractivity contribution in [2.75, 3.05) is 5.32 Å². The van der Waals surface area contributed by atoms with E-state index in [4.69, 9.17) is 11.5 Å². The first-order chi connectivity index (χ1) is 5.27. The summed E-state index contributed by atoms with van der Waals surface area (Å²) < 4.78 is 0. The first-order valence-electron chi connectivity index (χ1n) is 3.34. The van der Waals surface area contributed by atoms with E-state index in [1.54, 1.807) is 11.3 Å². The van der Waals surface area contributed by atoms with Crippen LogP contribution >= 0.6 is 11.3 Å². The quantitative estimate of drug-likeness (QED) is 0.534. The Kier molecular flexibility index (Phi) is 1.37. The SMILES string of the molecule is NC1=CC(N)Nc2sccc21. The molecular formula is C7H9N3S. The molecule has 1 aliphatic rings. The highest BCUT2D eigenvalue weighted by atomic mass is 32.1. The van der Waals surface area contributed by atoms with Crippen molar-refractivity contribution in [1.82, 2.24) is 0 Å². The lowest BCUT2D eigenvalue weighted by molar-refractivity contribution is 0.937. The molecule has 58 valence electrons. The minimum absolute atomic E-state index is 0.138. The third-order valence-corrected chi connectivity index (χ3v) is 2.48. The molecular weight excluding hydrogens is 158 g/mol. The fraction of sp³-hybridized carbons (Fsp3) is 0.143. The Labute approximate surface area is 68.7 Å². The zero-order valence-corrected chi connectivity index (χ0v) is 6.69. The maximum atomic E-state index is 5.73. The molecule has 1 unspecified atom stereocenters. The number of hydrogen-bond donors (Lipinski definition) is 3. The van der Waals surface area contributed by atoms with Crippen LogP contribution < -0.4 is 16.8 Å². The van der Waals surface area contributed by atoms with Gasteiger partial charge in [-0.3, -0.25) is 0 Å². The average molecular weight is 167 g/mol. The van der Waals surface area contributed by atoms with Gasteiger partial charge in [0.1, 0.15) is 0 Å². The smallest absolute Gasteiger partial charge is 0.0991 e. The molecule has 0 aliphatic carbocycles. The zero-order valence-electron chi connectivity index (χ0n) is 5.87. The second kappa shape index (κ2) is 2.25. The van der Waals surface area contributed by atoms with E-state index in [-0.39, 0.29) is 6.17 Å². The minimum Gasteiger partial charge on any atom is -0.398 e. The van der Waals surface area contributed by atoms with Gasteiger partial charge >= 0.3 is 0 Å². The Bertz CT molecular complexity index is 302. The Morgan fingerprint density at radius 3 is 3.18 bits per heavy atom. The number of nitrogens with two attached hydrogens (primary N) is 2. The second-order valence-electron chi connectivity index (χ2n) is 2.46. The maximum absolute atomic E-state index is 5.73. The topological polar surface area (TPSA) is 64.1 Å². The van der Waals surface area contributed by atoms with Crippen molar-refractivity contribution in [2.45, 2.75) is 6.17 Å². The van der Waals surface area contributed by atoms with Crippen LogP contribution in [0, 0.1) is 0 Å². The van der Waals surface area contributed by atoms with Gasteiger partial charge in [0, 0.05) is 11.3 Å². The number of thiophene rings is 1. The third kappa shape index (κ3) is 1.00. The van der Waals surface area contributed by atoms with Gasteiger partial charge in [0.2, 0.25) is 0 Å². The Morgan fingerprint density at radius 2 is 2.36 bits per heavy atom. The molecule has 0 radical (unpaired) electrons. The fourth-order valence-corrected chi connectivity index (χ4v) is 1.98.